The number of carbonyl (C=O) groups excluding carboxylic acids is 1. The maximum atomic E-state index is 12.2. The van der Waals surface area contributed by atoms with Crippen molar-refractivity contribution in [2.45, 2.75) is 109 Å². The van der Waals surface area contributed by atoms with Crippen LogP contribution in [0.15, 0.2) is 24.3 Å². The van der Waals surface area contributed by atoms with E-state index in [1.807, 2.05) is 0 Å². The first kappa shape index (κ1) is 26.4. The lowest BCUT2D eigenvalue weighted by molar-refractivity contribution is 0.0660. The van der Waals surface area contributed by atoms with Crippen molar-refractivity contribution in [3.05, 3.63) is 29.8 Å². The summed E-state index contributed by atoms with van der Waals surface area (Å²) in [6, 6.07) is 5.52. The van der Waals surface area contributed by atoms with Crippen LogP contribution in [0.4, 0.5) is 0 Å². The topological polar surface area (TPSA) is 89.8 Å². The van der Waals surface area contributed by atoms with Gasteiger partial charge in [0.05, 0.1) is 24.3 Å². The van der Waals surface area contributed by atoms with Gasteiger partial charge in [-0.1, -0.05) is 103 Å². The highest BCUT2D eigenvalue weighted by Gasteiger charge is 2.22. The van der Waals surface area contributed by atoms with Gasteiger partial charge in [0, 0.05) is 0 Å². The van der Waals surface area contributed by atoms with Crippen molar-refractivity contribution in [1.29, 1.82) is 0 Å². The second-order valence-electron chi connectivity index (χ2n) is 8.38. The first-order chi connectivity index (χ1) is 14.6. The van der Waals surface area contributed by atoms with E-state index in [1.54, 1.807) is 12.1 Å². The molecule has 172 valence electrons. The highest BCUT2D eigenvalue weighted by atomic mass is 16.3. The first-order valence-corrected chi connectivity index (χ1v) is 12.0. The van der Waals surface area contributed by atoms with Crippen LogP contribution in [0, 0.1) is 0 Å². The molecule has 4 N–H and O–H groups in total. The van der Waals surface area contributed by atoms with Crippen LogP contribution in [0.3, 0.4) is 0 Å². The second-order valence-corrected chi connectivity index (χ2v) is 8.38. The summed E-state index contributed by atoms with van der Waals surface area (Å²) in [5, 5.41) is 32.2. The molecule has 0 bridgehead atoms. The average Bonchev–Trinajstić information content (AvgIpc) is 2.75. The number of carbonyl (C=O) groups is 1. The van der Waals surface area contributed by atoms with Crippen molar-refractivity contribution in [3.8, 4) is 5.75 Å². The number of benzene rings is 1. The van der Waals surface area contributed by atoms with Gasteiger partial charge in [0.15, 0.2) is 0 Å². The van der Waals surface area contributed by atoms with Gasteiger partial charge in [-0.25, -0.2) is 0 Å². The van der Waals surface area contributed by atoms with Gasteiger partial charge in [-0.3, -0.25) is 4.79 Å². The van der Waals surface area contributed by atoms with E-state index < -0.39 is 18.1 Å². The number of aliphatic hydroxyl groups is 2. The van der Waals surface area contributed by atoms with Gasteiger partial charge in [-0.15, -0.1) is 0 Å². The molecule has 0 unspecified atom stereocenters. The molecule has 5 nitrogen and oxygen atoms in total. The Labute approximate surface area is 182 Å². The van der Waals surface area contributed by atoms with Crippen LogP contribution in [0.5, 0.6) is 5.75 Å². The van der Waals surface area contributed by atoms with Crippen LogP contribution >= 0.6 is 0 Å². The molecule has 0 saturated heterocycles. The van der Waals surface area contributed by atoms with Gasteiger partial charge < -0.3 is 20.6 Å². The maximum Gasteiger partial charge on any atom is 0.255 e. The Balaban J connectivity index is 2.07. The van der Waals surface area contributed by atoms with Crippen LogP contribution in [-0.4, -0.2) is 40.0 Å². The van der Waals surface area contributed by atoms with Crippen LogP contribution in [0.25, 0.3) is 0 Å². The molecular weight excluding hydrogens is 378 g/mol. The summed E-state index contributed by atoms with van der Waals surface area (Å²) < 4.78 is 0. The fraction of sp³-hybridized carbons (Fsp3) is 0.720. The fourth-order valence-corrected chi connectivity index (χ4v) is 3.75. The molecule has 0 aliphatic heterocycles. The molecule has 0 fully saturated rings. The van der Waals surface area contributed by atoms with Gasteiger partial charge >= 0.3 is 0 Å². The van der Waals surface area contributed by atoms with Crippen LogP contribution < -0.4 is 5.32 Å². The zero-order valence-electron chi connectivity index (χ0n) is 18.8. The molecule has 1 aromatic carbocycles. The number of phenols is 1. The summed E-state index contributed by atoms with van der Waals surface area (Å²) >= 11 is 0. The van der Waals surface area contributed by atoms with E-state index in [2.05, 4.69) is 12.2 Å². The lowest BCUT2D eigenvalue weighted by atomic mass is 10.0. The fourth-order valence-electron chi connectivity index (χ4n) is 3.75. The Kier molecular flexibility index (Phi) is 15.1. The first-order valence-electron chi connectivity index (χ1n) is 12.0. The van der Waals surface area contributed by atoms with Gasteiger partial charge in [0.1, 0.15) is 5.75 Å². The third kappa shape index (κ3) is 11.6. The van der Waals surface area contributed by atoms with Crippen LogP contribution in [0.1, 0.15) is 107 Å². The summed E-state index contributed by atoms with van der Waals surface area (Å²) in [6.07, 6.45) is 16.2. The normalized spacial score (nSPS) is 13.2. The molecular formula is C25H43NO4. The predicted molar refractivity (Wildman–Crippen MR) is 123 cm³/mol. The van der Waals surface area contributed by atoms with Crippen molar-refractivity contribution >= 4 is 5.91 Å². The van der Waals surface area contributed by atoms with E-state index in [9.17, 15) is 20.1 Å². The molecule has 0 heterocycles. The quantitative estimate of drug-likeness (QED) is 0.241. The summed E-state index contributed by atoms with van der Waals surface area (Å²) in [6.45, 7) is 1.92. The number of para-hydroxylation sites is 1. The van der Waals surface area contributed by atoms with Crippen molar-refractivity contribution in [1.82, 2.24) is 5.32 Å². The van der Waals surface area contributed by atoms with Crippen molar-refractivity contribution in [3.63, 3.8) is 0 Å². The summed E-state index contributed by atoms with van der Waals surface area (Å²) in [5.41, 5.74) is 0.143. The third-order valence-electron chi connectivity index (χ3n) is 5.73. The Morgan fingerprint density at radius 2 is 1.37 bits per heavy atom. The predicted octanol–water partition coefficient (Wildman–Crippen LogP) is 5.33. The van der Waals surface area contributed by atoms with E-state index in [0.29, 0.717) is 6.42 Å². The molecule has 0 aliphatic rings. The second kappa shape index (κ2) is 17.1. The maximum absolute atomic E-state index is 12.2. The molecule has 5 heteroatoms. The molecule has 1 amide bonds. The van der Waals surface area contributed by atoms with Crippen LogP contribution in [0.2, 0.25) is 0 Å². The van der Waals surface area contributed by atoms with E-state index in [-0.39, 0.29) is 17.9 Å². The van der Waals surface area contributed by atoms with Gasteiger partial charge in [-0.05, 0) is 18.6 Å². The minimum Gasteiger partial charge on any atom is -0.507 e. The largest absolute Gasteiger partial charge is 0.507 e. The number of phenolic OH excluding ortho intramolecular Hbond substituents is 1. The van der Waals surface area contributed by atoms with E-state index in [1.165, 1.54) is 76.3 Å². The SMILES string of the molecule is CCCCCCCCCCCCCCC[C@@H](O)[C@H](CO)NC(=O)c1ccccc1O. The Morgan fingerprint density at radius 1 is 0.867 bits per heavy atom. The third-order valence-corrected chi connectivity index (χ3v) is 5.73. The number of hydrogen-bond acceptors (Lipinski definition) is 4. The number of amides is 1. The molecule has 2 atom stereocenters. The lowest BCUT2D eigenvalue weighted by Gasteiger charge is -2.22. The number of hydrogen-bond donors (Lipinski definition) is 4. The smallest absolute Gasteiger partial charge is 0.255 e. The Bertz CT molecular complexity index is 564. The van der Waals surface area contributed by atoms with Crippen molar-refractivity contribution in [2.24, 2.45) is 0 Å². The summed E-state index contributed by atoms with van der Waals surface area (Å²) in [4.78, 5) is 12.2. The van der Waals surface area contributed by atoms with Crippen LogP contribution in [-0.2, 0) is 0 Å². The minimum absolute atomic E-state index is 0.113. The van der Waals surface area contributed by atoms with E-state index >= 15 is 0 Å². The van der Waals surface area contributed by atoms with Gasteiger partial charge in [0.25, 0.3) is 5.91 Å². The van der Waals surface area contributed by atoms with Crippen molar-refractivity contribution in [2.75, 3.05) is 6.61 Å². The number of unbranched alkanes of at least 4 members (excludes halogenated alkanes) is 12. The van der Waals surface area contributed by atoms with Gasteiger partial charge in [0.2, 0.25) is 0 Å². The minimum atomic E-state index is -0.794. The van der Waals surface area contributed by atoms with Crippen molar-refractivity contribution < 1.29 is 20.1 Å². The number of aliphatic hydroxyl groups excluding tert-OH is 2. The summed E-state index contributed by atoms with van der Waals surface area (Å²) in [5.74, 6) is -0.603. The number of rotatable bonds is 18. The molecule has 1 rings (SSSR count). The number of nitrogens with one attached hydrogen (secondary N) is 1. The Morgan fingerprint density at radius 3 is 1.87 bits per heavy atom. The monoisotopic (exact) mass is 421 g/mol. The summed E-state index contributed by atoms with van der Waals surface area (Å²) in [7, 11) is 0. The molecule has 0 aliphatic carbocycles. The average molecular weight is 422 g/mol. The van der Waals surface area contributed by atoms with E-state index in [4.69, 9.17) is 0 Å². The molecule has 30 heavy (non-hydrogen) atoms. The highest BCUT2D eigenvalue weighted by Crippen LogP contribution is 2.17. The highest BCUT2D eigenvalue weighted by molar-refractivity contribution is 5.96. The molecule has 0 spiro atoms. The molecule has 0 radical (unpaired) electrons. The molecule has 0 aromatic heterocycles. The molecule has 1 aromatic rings. The Hall–Kier alpha value is -1.59. The number of aromatic hydroxyl groups is 1. The standard InChI is InChI=1S/C25H43NO4/c1-2-3-4-5-6-7-8-9-10-11-12-13-14-19-24(29)22(20-27)26-25(30)21-17-15-16-18-23(21)28/h15-18,22,24,27-29H,2-14,19-20H2,1H3,(H,26,30)/t22-,24+/m0/s1. The van der Waals surface area contributed by atoms with Gasteiger partial charge in [-0.2, -0.15) is 0 Å². The zero-order valence-corrected chi connectivity index (χ0v) is 18.8. The molecule has 0 saturated carbocycles. The lowest BCUT2D eigenvalue weighted by Crippen LogP contribution is -2.45. The zero-order chi connectivity index (χ0) is 22.0. The van der Waals surface area contributed by atoms with E-state index in [0.717, 1.165) is 19.3 Å².